The Hall–Kier alpha value is -3.54. The third-order valence-electron chi connectivity index (χ3n) is 3.94. The molecule has 0 aliphatic carbocycles. The van der Waals surface area contributed by atoms with Gasteiger partial charge in [0.15, 0.2) is 5.65 Å². The SMILES string of the molecule is COc1ccc(Nc2c(-c3ccccc3O)nc3cnccn23)cc1. The molecule has 2 aromatic heterocycles. The molecule has 0 bridgehead atoms. The Morgan fingerprint density at radius 3 is 2.64 bits per heavy atom. The summed E-state index contributed by atoms with van der Waals surface area (Å²) in [5.74, 6) is 1.72. The van der Waals surface area contributed by atoms with Crippen molar-refractivity contribution in [2.24, 2.45) is 0 Å². The number of hydrogen-bond acceptors (Lipinski definition) is 5. The molecular formula is C19H16N4O2. The van der Waals surface area contributed by atoms with Gasteiger partial charge in [0.2, 0.25) is 0 Å². The average molecular weight is 332 g/mol. The Labute approximate surface area is 144 Å². The molecule has 0 aliphatic heterocycles. The van der Waals surface area contributed by atoms with Crippen LogP contribution in [0.5, 0.6) is 11.5 Å². The summed E-state index contributed by atoms with van der Waals surface area (Å²) < 4.78 is 7.10. The van der Waals surface area contributed by atoms with Crippen molar-refractivity contribution in [3.8, 4) is 22.8 Å². The molecule has 0 spiro atoms. The van der Waals surface area contributed by atoms with Crippen LogP contribution in [0.3, 0.4) is 0 Å². The quantitative estimate of drug-likeness (QED) is 0.594. The summed E-state index contributed by atoms with van der Waals surface area (Å²) in [5, 5.41) is 13.6. The minimum Gasteiger partial charge on any atom is -0.507 e. The molecule has 0 saturated heterocycles. The van der Waals surface area contributed by atoms with Crippen molar-refractivity contribution in [2.45, 2.75) is 0 Å². The van der Waals surface area contributed by atoms with Gasteiger partial charge in [-0.2, -0.15) is 0 Å². The van der Waals surface area contributed by atoms with Crippen LogP contribution < -0.4 is 10.1 Å². The molecule has 4 aromatic rings. The van der Waals surface area contributed by atoms with Gasteiger partial charge in [-0.1, -0.05) is 12.1 Å². The van der Waals surface area contributed by atoms with Crippen molar-refractivity contribution < 1.29 is 9.84 Å². The number of imidazole rings is 1. The number of aromatic nitrogens is 3. The standard InChI is InChI=1S/C19H16N4O2/c1-25-14-8-6-13(7-9-14)21-19-18(15-4-2-3-5-16(15)24)22-17-12-20-10-11-23(17)19/h2-12,21,24H,1H3. The molecule has 0 radical (unpaired) electrons. The van der Waals surface area contributed by atoms with E-state index in [0.717, 1.165) is 17.3 Å². The van der Waals surface area contributed by atoms with Crippen LogP contribution in [0.4, 0.5) is 11.5 Å². The maximum atomic E-state index is 10.2. The topological polar surface area (TPSA) is 71.7 Å². The van der Waals surface area contributed by atoms with Gasteiger partial charge in [0.25, 0.3) is 0 Å². The van der Waals surface area contributed by atoms with Gasteiger partial charge in [0.05, 0.1) is 13.3 Å². The molecule has 124 valence electrons. The van der Waals surface area contributed by atoms with Crippen molar-refractivity contribution in [1.29, 1.82) is 0 Å². The monoisotopic (exact) mass is 332 g/mol. The summed E-state index contributed by atoms with van der Waals surface area (Å²) in [6.45, 7) is 0. The number of nitrogens with zero attached hydrogens (tertiary/aromatic N) is 3. The number of benzene rings is 2. The van der Waals surface area contributed by atoms with E-state index < -0.39 is 0 Å². The molecule has 2 heterocycles. The predicted molar refractivity (Wildman–Crippen MR) is 96.4 cm³/mol. The summed E-state index contributed by atoms with van der Waals surface area (Å²) in [6.07, 6.45) is 5.21. The van der Waals surface area contributed by atoms with Crippen molar-refractivity contribution >= 4 is 17.2 Å². The van der Waals surface area contributed by atoms with Gasteiger partial charge < -0.3 is 15.2 Å². The number of nitrogens with one attached hydrogen (secondary N) is 1. The Morgan fingerprint density at radius 1 is 1.08 bits per heavy atom. The Morgan fingerprint density at radius 2 is 1.88 bits per heavy atom. The lowest BCUT2D eigenvalue weighted by Crippen LogP contribution is -1.97. The van der Waals surface area contributed by atoms with E-state index >= 15 is 0 Å². The number of methoxy groups -OCH3 is 1. The Bertz CT molecular complexity index is 1030. The normalized spacial score (nSPS) is 10.8. The molecule has 2 aromatic carbocycles. The number of hydrogen-bond donors (Lipinski definition) is 2. The van der Waals surface area contributed by atoms with Gasteiger partial charge in [-0.15, -0.1) is 0 Å². The molecule has 0 fully saturated rings. The first-order valence-corrected chi connectivity index (χ1v) is 7.78. The van der Waals surface area contributed by atoms with Crippen LogP contribution in [0.1, 0.15) is 0 Å². The molecule has 4 rings (SSSR count). The first-order chi connectivity index (χ1) is 12.3. The number of phenolic OH excluding ortho intramolecular Hbond substituents is 1. The minimum atomic E-state index is 0.177. The molecule has 6 heteroatoms. The number of aromatic hydroxyl groups is 1. The van der Waals surface area contributed by atoms with Crippen molar-refractivity contribution in [1.82, 2.24) is 14.4 Å². The third kappa shape index (κ3) is 2.74. The third-order valence-corrected chi connectivity index (χ3v) is 3.94. The van der Waals surface area contributed by atoms with Gasteiger partial charge >= 0.3 is 0 Å². The maximum Gasteiger partial charge on any atom is 0.157 e. The average Bonchev–Trinajstić information content (AvgIpc) is 3.01. The zero-order chi connectivity index (χ0) is 17.2. The molecule has 6 nitrogen and oxygen atoms in total. The molecule has 0 amide bonds. The van der Waals surface area contributed by atoms with E-state index in [4.69, 9.17) is 4.74 Å². The highest BCUT2D eigenvalue weighted by Gasteiger charge is 2.17. The van der Waals surface area contributed by atoms with Crippen molar-refractivity contribution in [3.05, 3.63) is 67.1 Å². The second-order valence-electron chi connectivity index (χ2n) is 5.48. The predicted octanol–water partition coefficient (Wildman–Crippen LogP) is 3.85. The highest BCUT2D eigenvalue weighted by Crippen LogP contribution is 2.35. The first kappa shape index (κ1) is 15.0. The lowest BCUT2D eigenvalue weighted by Gasteiger charge is -2.10. The molecule has 0 atom stereocenters. The van der Waals surface area contributed by atoms with E-state index in [0.29, 0.717) is 16.9 Å². The summed E-state index contributed by atoms with van der Waals surface area (Å²) in [4.78, 5) is 8.75. The van der Waals surface area contributed by atoms with Crippen LogP contribution >= 0.6 is 0 Å². The zero-order valence-corrected chi connectivity index (χ0v) is 13.5. The van der Waals surface area contributed by atoms with Gasteiger partial charge in [-0.25, -0.2) is 4.98 Å². The van der Waals surface area contributed by atoms with E-state index in [1.165, 1.54) is 0 Å². The number of phenols is 1. The van der Waals surface area contributed by atoms with E-state index in [1.807, 2.05) is 47.0 Å². The highest BCUT2D eigenvalue weighted by atomic mass is 16.5. The number of ether oxygens (including phenoxy) is 1. The van der Waals surface area contributed by atoms with Crippen molar-refractivity contribution in [3.63, 3.8) is 0 Å². The maximum absolute atomic E-state index is 10.2. The fourth-order valence-corrected chi connectivity index (χ4v) is 2.70. The largest absolute Gasteiger partial charge is 0.507 e. The van der Waals surface area contributed by atoms with Crippen LogP contribution in [0, 0.1) is 0 Å². The molecule has 25 heavy (non-hydrogen) atoms. The Kier molecular flexibility index (Phi) is 3.70. The van der Waals surface area contributed by atoms with Crippen LogP contribution in [0.15, 0.2) is 67.1 Å². The van der Waals surface area contributed by atoms with Gasteiger partial charge in [-0.05, 0) is 36.4 Å². The van der Waals surface area contributed by atoms with Gasteiger partial charge in [0, 0.05) is 23.6 Å². The summed E-state index contributed by atoms with van der Waals surface area (Å²) >= 11 is 0. The Balaban J connectivity index is 1.86. The van der Waals surface area contributed by atoms with Crippen molar-refractivity contribution in [2.75, 3.05) is 12.4 Å². The fourth-order valence-electron chi connectivity index (χ4n) is 2.70. The summed E-state index contributed by atoms with van der Waals surface area (Å²) in [7, 11) is 1.64. The van der Waals surface area contributed by atoms with E-state index in [-0.39, 0.29) is 5.75 Å². The minimum absolute atomic E-state index is 0.177. The highest BCUT2D eigenvalue weighted by molar-refractivity contribution is 5.82. The molecule has 0 saturated carbocycles. The number of fused-ring (bicyclic) bond motifs is 1. The van der Waals surface area contributed by atoms with E-state index in [2.05, 4.69) is 15.3 Å². The lowest BCUT2D eigenvalue weighted by molar-refractivity contribution is 0.415. The van der Waals surface area contributed by atoms with E-state index in [9.17, 15) is 5.11 Å². The summed E-state index contributed by atoms with van der Waals surface area (Å²) in [6, 6.07) is 14.8. The number of rotatable bonds is 4. The fraction of sp³-hybridized carbons (Fsp3) is 0.0526. The van der Waals surface area contributed by atoms with Crippen LogP contribution in [-0.2, 0) is 0 Å². The van der Waals surface area contributed by atoms with Crippen LogP contribution in [-0.4, -0.2) is 26.6 Å². The first-order valence-electron chi connectivity index (χ1n) is 7.78. The van der Waals surface area contributed by atoms with E-state index in [1.54, 1.807) is 31.6 Å². The number of anilines is 2. The summed E-state index contributed by atoms with van der Waals surface area (Å²) in [5.41, 5.74) is 2.89. The van der Waals surface area contributed by atoms with Gasteiger partial charge in [0.1, 0.15) is 23.0 Å². The second kappa shape index (κ2) is 6.16. The second-order valence-corrected chi connectivity index (χ2v) is 5.48. The van der Waals surface area contributed by atoms with Crippen LogP contribution in [0.25, 0.3) is 16.9 Å². The molecule has 0 aliphatic rings. The van der Waals surface area contributed by atoms with Crippen LogP contribution in [0.2, 0.25) is 0 Å². The molecule has 0 unspecified atom stereocenters. The lowest BCUT2D eigenvalue weighted by atomic mass is 10.1. The van der Waals surface area contributed by atoms with Gasteiger partial charge in [-0.3, -0.25) is 9.38 Å². The smallest absolute Gasteiger partial charge is 0.157 e. The number of para-hydroxylation sites is 1. The molecule has 2 N–H and O–H groups in total. The zero-order valence-electron chi connectivity index (χ0n) is 13.5. The molecular weight excluding hydrogens is 316 g/mol.